The Hall–Kier alpha value is -0.650. The van der Waals surface area contributed by atoms with Crippen LogP contribution in [0.3, 0.4) is 0 Å². The Bertz CT molecular complexity index is 242. The molecule has 0 aliphatic carbocycles. The molecule has 2 atom stereocenters. The van der Waals surface area contributed by atoms with E-state index in [2.05, 4.69) is 4.98 Å². The van der Waals surface area contributed by atoms with Gasteiger partial charge in [-0.2, -0.15) is 0 Å². The van der Waals surface area contributed by atoms with E-state index in [1.165, 1.54) is 11.3 Å². The van der Waals surface area contributed by atoms with E-state index >= 15 is 0 Å². The van der Waals surface area contributed by atoms with Gasteiger partial charge in [0, 0.05) is 24.7 Å². The van der Waals surface area contributed by atoms with Crippen LogP contribution >= 0.6 is 11.3 Å². The summed E-state index contributed by atoms with van der Waals surface area (Å²) in [5, 5.41) is 21.3. The first-order valence-corrected chi connectivity index (χ1v) is 4.66. The van der Waals surface area contributed by atoms with E-state index in [-0.39, 0.29) is 0 Å². The maximum Gasteiger partial charge on any atom is 0.185 e. The number of nitrogens with zero attached hydrogens (tertiary/aromatic N) is 2. The van der Waals surface area contributed by atoms with Crippen molar-refractivity contribution in [3.8, 4) is 0 Å². The van der Waals surface area contributed by atoms with Crippen LogP contribution in [-0.4, -0.2) is 40.5 Å². The minimum Gasteiger partial charge on any atom is -0.389 e. The molecule has 1 aliphatic heterocycles. The molecule has 0 saturated carbocycles. The van der Waals surface area contributed by atoms with Crippen LogP contribution in [-0.2, 0) is 0 Å². The molecule has 2 heterocycles. The second-order valence-corrected chi connectivity index (χ2v) is 3.73. The lowest BCUT2D eigenvalue weighted by Gasteiger charge is -2.12. The van der Waals surface area contributed by atoms with E-state index in [0.29, 0.717) is 13.1 Å². The summed E-state index contributed by atoms with van der Waals surface area (Å²) in [4.78, 5) is 5.98. The van der Waals surface area contributed by atoms with Crippen molar-refractivity contribution in [1.29, 1.82) is 0 Å². The van der Waals surface area contributed by atoms with Gasteiger partial charge in [0.05, 0.1) is 12.2 Å². The Balaban J connectivity index is 2.09. The van der Waals surface area contributed by atoms with Gasteiger partial charge in [0.2, 0.25) is 0 Å². The van der Waals surface area contributed by atoms with Crippen molar-refractivity contribution in [1.82, 2.24) is 4.98 Å². The van der Waals surface area contributed by atoms with E-state index < -0.39 is 12.2 Å². The van der Waals surface area contributed by atoms with Crippen molar-refractivity contribution in [3.63, 3.8) is 0 Å². The number of hydrogen-bond acceptors (Lipinski definition) is 5. The van der Waals surface area contributed by atoms with E-state index in [1.807, 2.05) is 10.3 Å². The minimum absolute atomic E-state index is 0.481. The van der Waals surface area contributed by atoms with Gasteiger partial charge in [-0.05, 0) is 0 Å². The summed E-state index contributed by atoms with van der Waals surface area (Å²) in [6.07, 6.45) is 0.458. The van der Waals surface area contributed by atoms with Crippen LogP contribution in [0, 0.1) is 0 Å². The number of aliphatic hydroxyl groups excluding tert-OH is 2. The van der Waals surface area contributed by atoms with Crippen LogP contribution in [0.15, 0.2) is 11.6 Å². The van der Waals surface area contributed by atoms with Crippen LogP contribution in [0.5, 0.6) is 0 Å². The Morgan fingerprint density at radius 3 is 2.58 bits per heavy atom. The summed E-state index contributed by atoms with van der Waals surface area (Å²) in [6, 6.07) is 0. The van der Waals surface area contributed by atoms with Gasteiger partial charge >= 0.3 is 0 Å². The summed E-state index contributed by atoms with van der Waals surface area (Å²) in [5.41, 5.74) is 0. The number of β-amino-alcohol motifs (C(OH)–C–C–N with tert-alkyl or cyclic N) is 2. The van der Waals surface area contributed by atoms with Gasteiger partial charge in [0.1, 0.15) is 0 Å². The number of aliphatic hydroxyl groups is 2. The summed E-state index contributed by atoms with van der Waals surface area (Å²) in [7, 11) is 0. The van der Waals surface area contributed by atoms with Crippen LogP contribution in [0.25, 0.3) is 0 Å². The highest BCUT2D eigenvalue weighted by atomic mass is 32.1. The Morgan fingerprint density at radius 2 is 2.08 bits per heavy atom. The standard InChI is InChI=1S/C7H10N2O2S/c10-5-3-9(4-6(5)11)7-8-1-2-12-7/h1-2,5-6,10-11H,3-4H2. The second kappa shape index (κ2) is 3.01. The molecule has 1 aliphatic rings. The number of hydrogen-bond donors (Lipinski definition) is 2. The lowest BCUT2D eigenvalue weighted by Crippen LogP contribution is -2.22. The van der Waals surface area contributed by atoms with E-state index in [9.17, 15) is 10.2 Å². The predicted molar refractivity (Wildman–Crippen MR) is 46.3 cm³/mol. The first-order chi connectivity index (χ1) is 5.77. The number of aromatic nitrogens is 1. The smallest absolute Gasteiger partial charge is 0.185 e. The van der Waals surface area contributed by atoms with E-state index in [0.717, 1.165) is 5.13 Å². The third-order valence-electron chi connectivity index (χ3n) is 1.95. The summed E-state index contributed by atoms with van der Waals surface area (Å²) in [6.45, 7) is 0.962. The molecule has 1 fully saturated rings. The third kappa shape index (κ3) is 1.31. The van der Waals surface area contributed by atoms with Gasteiger partial charge in [-0.3, -0.25) is 0 Å². The van der Waals surface area contributed by atoms with Gasteiger partial charge in [-0.15, -0.1) is 11.3 Å². The lowest BCUT2D eigenvalue weighted by atomic mass is 10.3. The van der Waals surface area contributed by atoms with Gasteiger partial charge in [0.25, 0.3) is 0 Å². The van der Waals surface area contributed by atoms with Crippen LogP contribution in [0.2, 0.25) is 0 Å². The van der Waals surface area contributed by atoms with Gasteiger partial charge in [0.15, 0.2) is 5.13 Å². The Kier molecular flexibility index (Phi) is 2.00. The van der Waals surface area contributed by atoms with Crippen molar-refractivity contribution >= 4 is 16.5 Å². The quantitative estimate of drug-likeness (QED) is 0.631. The zero-order valence-corrected chi connectivity index (χ0v) is 7.24. The van der Waals surface area contributed by atoms with Crippen molar-refractivity contribution in [2.45, 2.75) is 12.2 Å². The molecule has 12 heavy (non-hydrogen) atoms. The zero-order valence-electron chi connectivity index (χ0n) is 6.42. The molecule has 0 amide bonds. The fraction of sp³-hybridized carbons (Fsp3) is 0.571. The molecule has 4 nitrogen and oxygen atoms in total. The molecular weight excluding hydrogens is 176 g/mol. The first kappa shape index (κ1) is 7.97. The van der Waals surface area contributed by atoms with Gasteiger partial charge in [-0.1, -0.05) is 0 Å². The predicted octanol–water partition coefficient (Wildman–Crippen LogP) is -0.315. The van der Waals surface area contributed by atoms with Crippen LogP contribution < -0.4 is 4.90 Å². The average Bonchev–Trinajstić information content (AvgIpc) is 2.61. The number of rotatable bonds is 1. The summed E-state index contributed by atoms with van der Waals surface area (Å²) >= 11 is 1.52. The maximum atomic E-state index is 9.25. The molecule has 66 valence electrons. The molecule has 1 saturated heterocycles. The van der Waals surface area contributed by atoms with Gasteiger partial charge in [-0.25, -0.2) is 4.98 Å². The maximum absolute atomic E-state index is 9.25. The molecule has 0 radical (unpaired) electrons. The number of anilines is 1. The third-order valence-corrected chi connectivity index (χ3v) is 2.78. The molecule has 0 spiro atoms. The minimum atomic E-state index is -0.631. The second-order valence-electron chi connectivity index (χ2n) is 2.85. The van der Waals surface area contributed by atoms with Gasteiger partial charge < -0.3 is 15.1 Å². The fourth-order valence-corrected chi connectivity index (χ4v) is 1.96. The van der Waals surface area contributed by atoms with E-state index in [4.69, 9.17) is 0 Å². The van der Waals surface area contributed by atoms with Crippen molar-refractivity contribution in [2.75, 3.05) is 18.0 Å². The topological polar surface area (TPSA) is 56.6 Å². The molecular formula is C7H10N2O2S. The molecule has 0 bridgehead atoms. The molecule has 0 aromatic carbocycles. The van der Waals surface area contributed by atoms with E-state index in [1.54, 1.807) is 6.20 Å². The Labute approximate surface area is 74.1 Å². The monoisotopic (exact) mass is 186 g/mol. The van der Waals surface area contributed by atoms with Crippen LogP contribution in [0.1, 0.15) is 0 Å². The summed E-state index contributed by atoms with van der Waals surface area (Å²) < 4.78 is 0. The normalized spacial score (nSPS) is 29.7. The lowest BCUT2D eigenvalue weighted by molar-refractivity contribution is 0.0572. The molecule has 2 rings (SSSR count). The summed E-state index contributed by atoms with van der Waals surface area (Å²) in [5.74, 6) is 0. The fourth-order valence-electron chi connectivity index (χ4n) is 1.30. The van der Waals surface area contributed by atoms with Crippen molar-refractivity contribution < 1.29 is 10.2 Å². The molecule has 2 unspecified atom stereocenters. The van der Waals surface area contributed by atoms with Crippen molar-refractivity contribution in [2.24, 2.45) is 0 Å². The molecule has 1 aromatic rings. The zero-order chi connectivity index (χ0) is 8.55. The highest BCUT2D eigenvalue weighted by Crippen LogP contribution is 2.22. The molecule has 1 aromatic heterocycles. The SMILES string of the molecule is OC1CN(c2nccs2)CC1O. The Morgan fingerprint density at radius 1 is 1.42 bits per heavy atom. The average molecular weight is 186 g/mol. The first-order valence-electron chi connectivity index (χ1n) is 3.78. The molecule has 5 heteroatoms. The number of thiazole rings is 1. The highest BCUT2D eigenvalue weighted by molar-refractivity contribution is 7.13. The largest absolute Gasteiger partial charge is 0.389 e. The molecule has 2 N–H and O–H groups in total. The van der Waals surface area contributed by atoms with Crippen molar-refractivity contribution in [3.05, 3.63) is 11.6 Å². The highest BCUT2D eigenvalue weighted by Gasteiger charge is 2.30. The van der Waals surface area contributed by atoms with Crippen LogP contribution in [0.4, 0.5) is 5.13 Å².